The molecule has 0 saturated carbocycles. The lowest BCUT2D eigenvalue weighted by atomic mass is 9.90. The second kappa shape index (κ2) is 6.96. The molecule has 0 aliphatic carbocycles. The third-order valence-corrected chi connectivity index (χ3v) is 5.33. The third kappa shape index (κ3) is 3.07. The maximum Gasteiger partial charge on any atom is 0.127 e. The zero-order valence-corrected chi connectivity index (χ0v) is 16.1. The van der Waals surface area contributed by atoms with Crippen LogP contribution in [0.5, 0.6) is 5.75 Å². The zero-order chi connectivity index (χ0) is 19.8. The number of nitriles is 1. The molecule has 4 aromatic rings. The molecule has 0 amide bonds. The van der Waals surface area contributed by atoms with Crippen LogP contribution in [0.25, 0.3) is 16.5 Å². The van der Waals surface area contributed by atoms with Crippen molar-refractivity contribution < 1.29 is 4.74 Å². The van der Waals surface area contributed by atoms with E-state index in [9.17, 15) is 5.26 Å². The lowest BCUT2D eigenvalue weighted by Gasteiger charge is -2.12. The van der Waals surface area contributed by atoms with Gasteiger partial charge in [-0.3, -0.25) is 4.68 Å². The zero-order valence-electron chi connectivity index (χ0n) is 16.1. The van der Waals surface area contributed by atoms with E-state index in [4.69, 9.17) is 4.74 Å². The fourth-order valence-electron chi connectivity index (χ4n) is 3.95. The van der Waals surface area contributed by atoms with Crippen molar-refractivity contribution in [2.75, 3.05) is 0 Å². The van der Waals surface area contributed by atoms with Crippen LogP contribution >= 0.6 is 0 Å². The fraction of sp³-hybridized carbons (Fsp3) is 0.120. The molecule has 4 heteroatoms. The summed E-state index contributed by atoms with van der Waals surface area (Å²) >= 11 is 0. The minimum Gasteiger partial charge on any atom is -0.488 e. The van der Waals surface area contributed by atoms with Crippen molar-refractivity contribution in [2.24, 2.45) is 0 Å². The predicted molar refractivity (Wildman–Crippen MR) is 113 cm³/mol. The number of aromatic nitrogens is 2. The van der Waals surface area contributed by atoms with Crippen LogP contribution in [0.4, 0.5) is 0 Å². The molecule has 3 aromatic carbocycles. The molecule has 4 nitrogen and oxygen atoms in total. The summed E-state index contributed by atoms with van der Waals surface area (Å²) in [5.74, 6) is 0.813. The van der Waals surface area contributed by atoms with Gasteiger partial charge in [-0.25, -0.2) is 0 Å². The quantitative estimate of drug-likeness (QED) is 0.444. The molecule has 1 aromatic heterocycles. The number of nitrogens with zero attached hydrogens (tertiary/aromatic N) is 3. The van der Waals surface area contributed by atoms with Gasteiger partial charge in [0.05, 0.1) is 18.1 Å². The number of ether oxygens (including phenoxy) is 1. The minimum atomic E-state index is 0.476. The van der Waals surface area contributed by atoms with E-state index in [1.165, 1.54) is 0 Å². The van der Waals surface area contributed by atoms with Crippen LogP contribution in [0, 0.1) is 11.3 Å². The smallest absolute Gasteiger partial charge is 0.127 e. The Kier molecular flexibility index (Phi) is 4.14. The summed E-state index contributed by atoms with van der Waals surface area (Å²) in [6.45, 7) is 3.03. The molecule has 1 aliphatic rings. The van der Waals surface area contributed by atoms with Crippen molar-refractivity contribution in [1.29, 1.82) is 5.26 Å². The Morgan fingerprint density at radius 1 is 1.07 bits per heavy atom. The third-order valence-electron chi connectivity index (χ3n) is 5.33. The molecular formula is C25H19N3O. The standard InChI is InChI=1S/C25H19N3O/c1-17(13-26)25-21-11-10-18(14-28-15-19-6-2-4-8-23(19)27-28)12-20(21)16-29-24-9-5-3-7-22(24)25/h2-12,15H,14,16H2,1H3. The first-order valence-corrected chi connectivity index (χ1v) is 9.60. The van der Waals surface area contributed by atoms with Crippen molar-refractivity contribution in [3.05, 3.63) is 101 Å². The Balaban J connectivity index is 1.57. The van der Waals surface area contributed by atoms with Crippen LogP contribution < -0.4 is 4.74 Å². The van der Waals surface area contributed by atoms with Crippen molar-refractivity contribution in [3.63, 3.8) is 0 Å². The topological polar surface area (TPSA) is 50.8 Å². The molecule has 0 N–H and O–H groups in total. The van der Waals surface area contributed by atoms with Gasteiger partial charge < -0.3 is 4.74 Å². The SMILES string of the molecule is CC(C#N)=C1c2ccc(Cn3cc4ccccc4n3)cc2COc2ccccc21. The molecule has 0 spiro atoms. The van der Waals surface area contributed by atoms with E-state index in [1.54, 1.807) is 0 Å². The van der Waals surface area contributed by atoms with Crippen molar-refractivity contribution >= 4 is 16.5 Å². The van der Waals surface area contributed by atoms with Crippen molar-refractivity contribution in [2.45, 2.75) is 20.1 Å². The molecule has 0 saturated heterocycles. The summed E-state index contributed by atoms with van der Waals surface area (Å²) in [7, 11) is 0. The number of fused-ring (bicyclic) bond motifs is 3. The molecule has 0 bridgehead atoms. The maximum atomic E-state index is 9.59. The van der Waals surface area contributed by atoms with E-state index in [1.807, 2.05) is 54.1 Å². The maximum absolute atomic E-state index is 9.59. The van der Waals surface area contributed by atoms with E-state index < -0.39 is 0 Å². The molecule has 29 heavy (non-hydrogen) atoms. The lowest BCUT2D eigenvalue weighted by Crippen LogP contribution is -2.03. The minimum absolute atomic E-state index is 0.476. The van der Waals surface area contributed by atoms with Gasteiger partial charge in [-0.15, -0.1) is 0 Å². The highest BCUT2D eigenvalue weighted by Crippen LogP contribution is 2.38. The molecule has 0 unspecified atom stereocenters. The summed E-state index contributed by atoms with van der Waals surface area (Å²) in [5.41, 5.74) is 6.90. The normalized spacial score (nSPS) is 14.3. The average Bonchev–Trinajstić information content (AvgIpc) is 3.08. The van der Waals surface area contributed by atoms with E-state index in [2.05, 4.69) is 41.6 Å². The van der Waals surface area contributed by atoms with Gasteiger partial charge in [-0.2, -0.15) is 10.4 Å². The number of rotatable bonds is 2. The molecule has 0 atom stereocenters. The van der Waals surface area contributed by atoms with E-state index in [-0.39, 0.29) is 0 Å². The van der Waals surface area contributed by atoms with Gasteiger partial charge in [0.1, 0.15) is 12.4 Å². The molecular weight excluding hydrogens is 358 g/mol. The van der Waals surface area contributed by atoms with Crippen LogP contribution in [0.1, 0.15) is 29.2 Å². The Labute approximate surface area is 169 Å². The van der Waals surface area contributed by atoms with E-state index >= 15 is 0 Å². The first-order chi connectivity index (χ1) is 14.2. The molecule has 0 radical (unpaired) electrons. The Bertz CT molecular complexity index is 1270. The predicted octanol–water partition coefficient (Wildman–Crippen LogP) is 5.32. The fourth-order valence-corrected chi connectivity index (χ4v) is 3.95. The van der Waals surface area contributed by atoms with Gasteiger partial charge in [0.2, 0.25) is 0 Å². The van der Waals surface area contributed by atoms with Gasteiger partial charge >= 0.3 is 0 Å². The highest BCUT2D eigenvalue weighted by Gasteiger charge is 2.21. The number of para-hydroxylation sites is 1. The summed E-state index contributed by atoms with van der Waals surface area (Å²) < 4.78 is 8.06. The number of hydrogen-bond donors (Lipinski definition) is 0. The van der Waals surface area contributed by atoms with Gasteiger partial charge in [-0.05, 0) is 41.8 Å². The van der Waals surface area contributed by atoms with Crippen LogP contribution in [0.2, 0.25) is 0 Å². The molecule has 2 heterocycles. The molecule has 140 valence electrons. The summed E-state index contributed by atoms with van der Waals surface area (Å²) in [5, 5.41) is 15.4. The van der Waals surface area contributed by atoms with Gasteiger partial charge in [0, 0.05) is 28.3 Å². The molecule has 1 aliphatic heterocycles. The Morgan fingerprint density at radius 3 is 2.76 bits per heavy atom. The summed E-state index contributed by atoms with van der Waals surface area (Å²) in [6.07, 6.45) is 2.07. The number of allylic oxidation sites excluding steroid dienone is 1. The van der Waals surface area contributed by atoms with E-state index in [0.29, 0.717) is 18.7 Å². The second-order valence-electron chi connectivity index (χ2n) is 7.27. The van der Waals surface area contributed by atoms with Gasteiger partial charge in [0.15, 0.2) is 0 Å². The van der Waals surface area contributed by atoms with Gasteiger partial charge in [-0.1, -0.05) is 48.5 Å². The first kappa shape index (κ1) is 17.3. The summed E-state index contributed by atoms with van der Waals surface area (Å²) in [6, 6.07) is 24.8. The van der Waals surface area contributed by atoms with Crippen LogP contribution in [0.15, 0.2) is 78.5 Å². The molecule has 0 fully saturated rings. The second-order valence-corrected chi connectivity index (χ2v) is 7.27. The van der Waals surface area contributed by atoms with Crippen LogP contribution in [-0.2, 0) is 13.2 Å². The van der Waals surface area contributed by atoms with Crippen LogP contribution in [-0.4, -0.2) is 9.78 Å². The monoisotopic (exact) mass is 377 g/mol. The molecule has 5 rings (SSSR count). The largest absolute Gasteiger partial charge is 0.488 e. The highest BCUT2D eigenvalue weighted by molar-refractivity contribution is 5.88. The van der Waals surface area contributed by atoms with Crippen LogP contribution in [0.3, 0.4) is 0 Å². The van der Waals surface area contributed by atoms with Crippen molar-refractivity contribution in [1.82, 2.24) is 9.78 Å². The van der Waals surface area contributed by atoms with Gasteiger partial charge in [0.25, 0.3) is 0 Å². The Morgan fingerprint density at radius 2 is 1.90 bits per heavy atom. The number of hydrogen-bond acceptors (Lipinski definition) is 3. The van der Waals surface area contributed by atoms with Crippen molar-refractivity contribution in [3.8, 4) is 11.8 Å². The lowest BCUT2D eigenvalue weighted by molar-refractivity contribution is 0.307. The average molecular weight is 377 g/mol. The summed E-state index contributed by atoms with van der Waals surface area (Å²) in [4.78, 5) is 0. The first-order valence-electron chi connectivity index (χ1n) is 9.60. The Hall–Kier alpha value is -3.84. The highest BCUT2D eigenvalue weighted by atomic mass is 16.5. The number of benzene rings is 3. The van der Waals surface area contributed by atoms with E-state index in [0.717, 1.165) is 44.5 Å².